The molecule has 4 nitrogen and oxygen atoms in total. The zero-order valence-corrected chi connectivity index (χ0v) is 26.2. The van der Waals surface area contributed by atoms with E-state index in [-0.39, 0.29) is 5.41 Å². The SMILES string of the molecule is CC1(C)c2ccccc2C2(c3ccccc3Oc3ccccc32)c2ccc(-c3nc(-c4ccccc4)nc(-c4ccccc4)n3)cc21. The van der Waals surface area contributed by atoms with E-state index >= 15 is 0 Å². The molecule has 0 bridgehead atoms. The minimum atomic E-state index is -0.561. The molecule has 0 radical (unpaired) electrons. The number of ether oxygens (including phenoxy) is 1. The van der Waals surface area contributed by atoms with Crippen LogP contribution in [0.3, 0.4) is 0 Å². The first kappa shape index (κ1) is 27.4. The van der Waals surface area contributed by atoms with Crippen LogP contribution in [0.5, 0.6) is 11.5 Å². The van der Waals surface area contributed by atoms with Crippen LogP contribution in [0, 0.1) is 0 Å². The molecule has 6 aromatic carbocycles. The molecule has 2 heterocycles. The number of hydrogen-bond donors (Lipinski definition) is 0. The zero-order chi connectivity index (χ0) is 31.6. The maximum Gasteiger partial charge on any atom is 0.164 e. The highest BCUT2D eigenvalue weighted by atomic mass is 16.5. The number of benzene rings is 6. The minimum absolute atomic E-state index is 0.299. The Balaban J connectivity index is 1.33. The molecule has 0 saturated carbocycles. The van der Waals surface area contributed by atoms with Crippen molar-refractivity contribution >= 4 is 0 Å². The van der Waals surface area contributed by atoms with Crippen LogP contribution in [0.15, 0.2) is 152 Å². The smallest absolute Gasteiger partial charge is 0.164 e. The summed E-state index contributed by atoms with van der Waals surface area (Å²) in [7, 11) is 0. The molecule has 0 N–H and O–H groups in total. The van der Waals surface area contributed by atoms with Crippen molar-refractivity contribution in [3.63, 3.8) is 0 Å². The molecule has 1 aliphatic carbocycles. The van der Waals surface area contributed by atoms with Gasteiger partial charge in [-0.05, 0) is 40.5 Å². The molecule has 1 aromatic heterocycles. The van der Waals surface area contributed by atoms with Crippen molar-refractivity contribution in [3.05, 3.63) is 185 Å². The monoisotopic (exact) mass is 605 g/mol. The highest BCUT2D eigenvalue weighted by Gasteiger charge is 2.52. The number of para-hydroxylation sites is 2. The molecule has 9 rings (SSSR count). The molecular formula is C43H31N3O. The van der Waals surface area contributed by atoms with Crippen LogP contribution < -0.4 is 4.74 Å². The van der Waals surface area contributed by atoms with Gasteiger partial charge >= 0.3 is 0 Å². The van der Waals surface area contributed by atoms with E-state index in [1.165, 1.54) is 22.3 Å². The summed E-state index contributed by atoms with van der Waals surface area (Å²) < 4.78 is 6.56. The lowest BCUT2D eigenvalue weighted by molar-refractivity contribution is 0.425. The topological polar surface area (TPSA) is 47.9 Å². The van der Waals surface area contributed by atoms with E-state index in [0.29, 0.717) is 17.5 Å². The normalized spacial score (nSPS) is 14.7. The van der Waals surface area contributed by atoms with Gasteiger partial charge in [0.1, 0.15) is 11.5 Å². The van der Waals surface area contributed by atoms with Crippen molar-refractivity contribution < 1.29 is 4.74 Å². The molecule has 1 aliphatic heterocycles. The first-order valence-electron chi connectivity index (χ1n) is 16.0. The van der Waals surface area contributed by atoms with Crippen molar-refractivity contribution in [3.8, 4) is 45.7 Å². The largest absolute Gasteiger partial charge is 0.457 e. The maximum absolute atomic E-state index is 6.56. The Bertz CT molecular complexity index is 2210. The van der Waals surface area contributed by atoms with Gasteiger partial charge in [-0.1, -0.05) is 147 Å². The van der Waals surface area contributed by atoms with Gasteiger partial charge in [0.05, 0.1) is 5.41 Å². The fourth-order valence-electron chi connectivity index (χ4n) is 7.69. The molecule has 0 fully saturated rings. The molecule has 1 spiro atoms. The van der Waals surface area contributed by atoms with Crippen molar-refractivity contribution in [2.45, 2.75) is 24.7 Å². The fraction of sp³-hybridized carbons (Fsp3) is 0.0930. The molecule has 0 unspecified atom stereocenters. The summed E-state index contributed by atoms with van der Waals surface area (Å²) in [6.45, 7) is 4.66. The van der Waals surface area contributed by atoms with Crippen LogP contribution in [-0.2, 0) is 10.8 Å². The van der Waals surface area contributed by atoms with E-state index in [4.69, 9.17) is 19.7 Å². The lowest BCUT2D eigenvalue weighted by atomic mass is 9.53. The summed E-state index contributed by atoms with van der Waals surface area (Å²) in [4.78, 5) is 15.1. The number of fused-ring (bicyclic) bond motifs is 8. The second-order valence-corrected chi connectivity index (χ2v) is 12.8. The highest BCUT2D eigenvalue weighted by Crippen LogP contribution is 2.61. The van der Waals surface area contributed by atoms with Gasteiger partial charge < -0.3 is 4.74 Å². The molecule has 0 amide bonds. The second-order valence-electron chi connectivity index (χ2n) is 12.8. The summed E-state index contributed by atoms with van der Waals surface area (Å²) in [5.74, 6) is 3.72. The molecule has 7 aromatic rings. The summed E-state index contributed by atoms with van der Waals surface area (Å²) in [6, 6.07) is 53.0. The van der Waals surface area contributed by atoms with E-state index in [1.807, 2.05) is 60.7 Å². The van der Waals surface area contributed by atoms with Gasteiger partial charge in [-0.25, -0.2) is 15.0 Å². The van der Waals surface area contributed by atoms with E-state index in [1.54, 1.807) is 0 Å². The van der Waals surface area contributed by atoms with Gasteiger partial charge in [0.2, 0.25) is 0 Å². The van der Waals surface area contributed by atoms with Gasteiger partial charge in [-0.15, -0.1) is 0 Å². The van der Waals surface area contributed by atoms with Crippen LogP contribution >= 0.6 is 0 Å². The van der Waals surface area contributed by atoms with E-state index in [0.717, 1.165) is 39.3 Å². The molecular weight excluding hydrogens is 574 g/mol. The molecule has 4 heteroatoms. The van der Waals surface area contributed by atoms with Crippen LogP contribution in [0.4, 0.5) is 0 Å². The predicted octanol–water partition coefficient (Wildman–Crippen LogP) is 10.0. The van der Waals surface area contributed by atoms with Crippen LogP contribution in [0.1, 0.15) is 47.2 Å². The van der Waals surface area contributed by atoms with Crippen LogP contribution in [0.25, 0.3) is 34.2 Å². The lowest BCUT2D eigenvalue weighted by Crippen LogP contribution is -2.43. The summed E-state index contributed by atoms with van der Waals surface area (Å²) in [5, 5.41) is 0. The zero-order valence-electron chi connectivity index (χ0n) is 26.2. The third-order valence-electron chi connectivity index (χ3n) is 9.86. The Labute approximate surface area is 274 Å². The van der Waals surface area contributed by atoms with Gasteiger partial charge in [-0.2, -0.15) is 0 Å². The Morgan fingerprint density at radius 3 is 1.36 bits per heavy atom. The minimum Gasteiger partial charge on any atom is -0.457 e. The summed E-state index contributed by atoms with van der Waals surface area (Å²) in [6.07, 6.45) is 0. The van der Waals surface area contributed by atoms with E-state index in [2.05, 4.69) is 105 Å². The summed E-state index contributed by atoms with van der Waals surface area (Å²) in [5.41, 5.74) is 9.36. The summed E-state index contributed by atoms with van der Waals surface area (Å²) >= 11 is 0. The van der Waals surface area contributed by atoms with Crippen LogP contribution in [0.2, 0.25) is 0 Å². The Morgan fingerprint density at radius 2 is 0.809 bits per heavy atom. The standard InChI is InChI=1S/C43H31N3O/c1-42(2)31-19-9-10-20-32(31)43(34-21-11-13-23-37(34)47-38-24-14-12-22-35(38)43)33-26-25-30(27-36(33)42)41-45-39(28-15-5-3-6-16-28)44-40(46-41)29-17-7-4-8-18-29/h3-27H,1-2H3. The van der Waals surface area contributed by atoms with Crippen molar-refractivity contribution in [2.75, 3.05) is 0 Å². The highest BCUT2D eigenvalue weighted by molar-refractivity contribution is 5.77. The van der Waals surface area contributed by atoms with Gasteiger partial charge in [0.15, 0.2) is 17.5 Å². The van der Waals surface area contributed by atoms with E-state index in [9.17, 15) is 0 Å². The molecule has 2 aliphatic rings. The van der Waals surface area contributed by atoms with Gasteiger partial charge in [-0.3, -0.25) is 0 Å². The van der Waals surface area contributed by atoms with Gasteiger partial charge in [0, 0.05) is 33.2 Å². The van der Waals surface area contributed by atoms with Crippen molar-refractivity contribution in [1.29, 1.82) is 0 Å². The number of aromatic nitrogens is 3. The average molecular weight is 606 g/mol. The third-order valence-corrected chi connectivity index (χ3v) is 9.86. The third kappa shape index (κ3) is 4.04. The maximum atomic E-state index is 6.56. The Kier molecular flexibility index (Phi) is 6.03. The molecule has 224 valence electrons. The van der Waals surface area contributed by atoms with Crippen molar-refractivity contribution in [2.24, 2.45) is 0 Å². The Hall–Kier alpha value is -5.87. The number of hydrogen-bond acceptors (Lipinski definition) is 4. The lowest BCUT2D eigenvalue weighted by Gasteiger charge is -2.50. The number of rotatable bonds is 3. The number of nitrogens with zero attached hydrogens (tertiary/aromatic N) is 3. The van der Waals surface area contributed by atoms with Crippen LogP contribution in [-0.4, -0.2) is 15.0 Å². The second kappa shape index (κ2) is 10.3. The molecule has 0 saturated heterocycles. The molecule has 0 atom stereocenters. The first-order valence-corrected chi connectivity index (χ1v) is 16.0. The van der Waals surface area contributed by atoms with Gasteiger partial charge in [0.25, 0.3) is 0 Å². The first-order chi connectivity index (χ1) is 23.0. The average Bonchev–Trinajstić information content (AvgIpc) is 3.14. The fourth-order valence-corrected chi connectivity index (χ4v) is 7.69. The predicted molar refractivity (Wildman–Crippen MR) is 187 cm³/mol. The molecule has 47 heavy (non-hydrogen) atoms. The Morgan fingerprint density at radius 1 is 0.383 bits per heavy atom. The van der Waals surface area contributed by atoms with E-state index < -0.39 is 5.41 Å². The van der Waals surface area contributed by atoms with Crippen molar-refractivity contribution in [1.82, 2.24) is 15.0 Å². The quantitative estimate of drug-likeness (QED) is 0.201.